The SMILES string of the molecule is O=C(CCN1C(=O)[C@@H]2[C@H]3C[C@@H]([C@H](Br)[C@H]3Br)[C@H]2C1=O)OCC(=O)c1ccc(Br)cc1. The molecule has 2 aliphatic carbocycles. The van der Waals surface area contributed by atoms with E-state index in [0.29, 0.717) is 5.56 Å². The van der Waals surface area contributed by atoms with Crippen LogP contribution < -0.4 is 0 Å². The van der Waals surface area contributed by atoms with Crippen LogP contribution in [0.2, 0.25) is 0 Å². The van der Waals surface area contributed by atoms with E-state index < -0.39 is 5.97 Å². The maximum absolute atomic E-state index is 12.8. The lowest BCUT2D eigenvalue weighted by Gasteiger charge is -2.28. The van der Waals surface area contributed by atoms with E-state index in [0.717, 1.165) is 10.9 Å². The van der Waals surface area contributed by atoms with Crippen LogP contribution in [0.5, 0.6) is 0 Å². The number of halogens is 3. The van der Waals surface area contributed by atoms with E-state index in [2.05, 4.69) is 47.8 Å². The second kappa shape index (κ2) is 8.23. The van der Waals surface area contributed by atoms with E-state index in [-0.39, 0.29) is 70.5 Å². The lowest BCUT2D eigenvalue weighted by atomic mass is 9.81. The lowest BCUT2D eigenvalue weighted by molar-refractivity contribution is -0.145. The van der Waals surface area contributed by atoms with Crippen LogP contribution >= 0.6 is 47.8 Å². The summed E-state index contributed by atoms with van der Waals surface area (Å²) in [5, 5.41) is 0. The number of fused-ring (bicyclic) bond motifs is 5. The Balaban J connectivity index is 1.30. The first-order chi connectivity index (χ1) is 13.8. The number of amides is 2. The van der Waals surface area contributed by atoms with Crippen molar-refractivity contribution in [2.24, 2.45) is 23.7 Å². The number of nitrogens with zero attached hydrogens (tertiary/aromatic N) is 1. The van der Waals surface area contributed by atoms with Gasteiger partial charge in [-0.25, -0.2) is 0 Å². The third kappa shape index (κ3) is 3.74. The summed E-state index contributed by atoms with van der Waals surface area (Å²) in [6.45, 7) is -0.371. The van der Waals surface area contributed by atoms with Crippen molar-refractivity contribution >= 4 is 71.4 Å². The summed E-state index contributed by atoms with van der Waals surface area (Å²) in [5.41, 5.74) is 0.447. The highest BCUT2D eigenvalue weighted by molar-refractivity contribution is 9.12. The van der Waals surface area contributed by atoms with Gasteiger partial charge in [0.2, 0.25) is 11.8 Å². The van der Waals surface area contributed by atoms with Gasteiger partial charge < -0.3 is 4.74 Å². The molecule has 154 valence electrons. The van der Waals surface area contributed by atoms with Crippen molar-refractivity contribution in [1.82, 2.24) is 4.90 Å². The van der Waals surface area contributed by atoms with Gasteiger partial charge in [0.25, 0.3) is 0 Å². The van der Waals surface area contributed by atoms with Crippen molar-refractivity contribution in [3.63, 3.8) is 0 Å². The van der Waals surface area contributed by atoms with Gasteiger partial charge in [0, 0.05) is 26.2 Å². The number of hydrogen-bond acceptors (Lipinski definition) is 5. The fourth-order valence-electron chi connectivity index (χ4n) is 4.77. The van der Waals surface area contributed by atoms with E-state index in [1.54, 1.807) is 24.3 Å². The second-order valence-electron chi connectivity index (χ2n) is 7.67. The number of imide groups is 1. The van der Waals surface area contributed by atoms with Crippen LogP contribution in [0.3, 0.4) is 0 Å². The van der Waals surface area contributed by atoms with Gasteiger partial charge in [-0.1, -0.05) is 59.9 Å². The number of hydrogen-bond donors (Lipinski definition) is 0. The number of ketones is 1. The zero-order valence-corrected chi connectivity index (χ0v) is 20.0. The molecule has 0 radical (unpaired) electrons. The Hall–Kier alpha value is -1.06. The molecule has 1 aromatic rings. The van der Waals surface area contributed by atoms with Gasteiger partial charge in [0.05, 0.1) is 18.3 Å². The van der Waals surface area contributed by atoms with Crippen LogP contribution in [0, 0.1) is 23.7 Å². The quantitative estimate of drug-likeness (QED) is 0.219. The molecular weight excluding hydrogens is 574 g/mol. The minimum atomic E-state index is -0.604. The molecule has 2 bridgehead atoms. The van der Waals surface area contributed by atoms with Crippen LogP contribution in [0.25, 0.3) is 0 Å². The Morgan fingerprint density at radius 1 is 1.00 bits per heavy atom. The number of alkyl halides is 2. The minimum absolute atomic E-state index is 0.00464. The first kappa shape index (κ1) is 21.2. The van der Waals surface area contributed by atoms with Crippen LogP contribution in [0.15, 0.2) is 28.7 Å². The largest absolute Gasteiger partial charge is 0.457 e. The molecule has 1 heterocycles. The molecule has 2 amide bonds. The highest BCUT2D eigenvalue weighted by Gasteiger charge is 2.66. The van der Waals surface area contributed by atoms with Gasteiger partial charge in [0.1, 0.15) is 0 Å². The highest BCUT2D eigenvalue weighted by atomic mass is 79.9. The molecule has 3 fully saturated rings. The van der Waals surface area contributed by atoms with E-state index >= 15 is 0 Å². The van der Waals surface area contributed by atoms with Crippen molar-refractivity contribution in [2.75, 3.05) is 13.2 Å². The Morgan fingerprint density at radius 2 is 1.55 bits per heavy atom. The first-order valence-electron chi connectivity index (χ1n) is 9.37. The maximum atomic E-state index is 12.8. The van der Waals surface area contributed by atoms with Crippen molar-refractivity contribution in [3.8, 4) is 0 Å². The predicted molar refractivity (Wildman–Crippen MR) is 115 cm³/mol. The van der Waals surface area contributed by atoms with Crippen molar-refractivity contribution < 1.29 is 23.9 Å². The molecule has 1 aliphatic heterocycles. The van der Waals surface area contributed by atoms with Gasteiger partial charge in [-0.15, -0.1) is 0 Å². The van der Waals surface area contributed by atoms with Crippen LogP contribution in [-0.2, 0) is 19.1 Å². The number of likely N-dealkylation sites (tertiary alicyclic amines) is 1. The molecule has 9 heteroatoms. The summed E-state index contributed by atoms with van der Waals surface area (Å²) in [6, 6.07) is 6.75. The molecule has 3 aliphatic rings. The molecule has 1 aromatic carbocycles. The minimum Gasteiger partial charge on any atom is -0.457 e. The first-order valence-corrected chi connectivity index (χ1v) is 12.0. The summed E-state index contributed by atoms with van der Waals surface area (Å²) in [4.78, 5) is 51.3. The fraction of sp³-hybridized carbons (Fsp3) is 0.500. The van der Waals surface area contributed by atoms with Crippen LogP contribution in [0.1, 0.15) is 23.2 Å². The molecule has 0 spiro atoms. The number of benzene rings is 1. The van der Waals surface area contributed by atoms with Crippen molar-refractivity contribution in [1.29, 1.82) is 0 Å². The van der Waals surface area contributed by atoms with Crippen LogP contribution in [-0.4, -0.2) is 51.3 Å². The summed E-state index contributed by atoms with van der Waals surface area (Å²) >= 11 is 10.6. The molecule has 6 atom stereocenters. The predicted octanol–water partition coefficient (Wildman–Crippen LogP) is 3.34. The Bertz CT molecular complexity index is 841. The zero-order valence-electron chi connectivity index (χ0n) is 15.2. The second-order valence-corrected chi connectivity index (χ2v) is 10.7. The van der Waals surface area contributed by atoms with Gasteiger partial charge >= 0.3 is 5.97 Å². The Labute approximate surface area is 193 Å². The van der Waals surface area contributed by atoms with Gasteiger partial charge in [-0.05, 0) is 30.4 Å². The molecule has 29 heavy (non-hydrogen) atoms. The standard InChI is InChI=1S/C20H18Br3NO5/c21-10-3-1-9(2-4-10)13(25)8-29-14(26)5-6-24-19(27)15-11-7-12(16(15)20(24)28)18(23)17(11)22/h1-4,11-12,15-18H,5-8H2/t11-,12-,15-,16-,17+,18+/m1/s1. The Kier molecular flexibility index (Phi) is 6.01. The molecule has 0 N–H and O–H groups in total. The van der Waals surface area contributed by atoms with Gasteiger partial charge in [-0.2, -0.15) is 0 Å². The summed E-state index contributed by atoms with van der Waals surface area (Å²) in [5.74, 6) is -1.58. The van der Waals surface area contributed by atoms with E-state index in [1.807, 2.05) is 0 Å². The molecule has 4 rings (SSSR count). The summed E-state index contributed by atoms with van der Waals surface area (Å²) < 4.78 is 5.89. The molecule has 2 saturated carbocycles. The number of ether oxygens (including phenoxy) is 1. The summed E-state index contributed by atoms with van der Waals surface area (Å²) in [6.07, 6.45) is 0.752. The monoisotopic (exact) mass is 589 g/mol. The number of carbonyl (C=O) groups is 4. The van der Waals surface area contributed by atoms with E-state index in [9.17, 15) is 19.2 Å². The van der Waals surface area contributed by atoms with E-state index in [4.69, 9.17) is 4.74 Å². The normalized spacial score (nSPS) is 32.6. The Morgan fingerprint density at radius 3 is 2.10 bits per heavy atom. The number of esters is 1. The third-order valence-electron chi connectivity index (χ3n) is 6.15. The average Bonchev–Trinajstić information content (AvgIpc) is 3.30. The smallest absolute Gasteiger partial charge is 0.308 e. The lowest BCUT2D eigenvalue weighted by Crippen LogP contribution is -2.37. The third-order valence-corrected chi connectivity index (χ3v) is 9.88. The molecular formula is C20H18Br3NO5. The molecule has 1 saturated heterocycles. The average molecular weight is 592 g/mol. The zero-order chi connectivity index (χ0) is 20.9. The highest BCUT2D eigenvalue weighted by Crippen LogP contribution is 2.60. The van der Waals surface area contributed by atoms with Gasteiger partial charge in [0.15, 0.2) is 12.4 Å². The van der Waals surface area contributed by atoms with Crippen molar-refractivity contribution in [3.05, 3.63) is 34.3 Å². The fourth-order valence-corrected chi connectivity index (χ4v) is 6.91. The van der Waals surface area contributed by atoms with E-state index in [1.165, 1.54) is 4.90 Å². The number of carbonyl (C=O) groups excluding carboxylic acids is 4. The molecule has 0 aromatic heterocycles. The molecule has 6 nitrogen and oxygen atoms in total. The van der Waals surface area contributed by atoms with Gasteiger partial charge in [-0.3, -0.25) is 24.1 Å². The van der Waals surface area contributed by atoms with Crippen LogP contribution in [0.4, 0.5) is 0 Å². The molecule has 0 unspecified atom stereocenters. The topological polar surface area (TPSA) is 80.8 Å². The number of Topliss-reactive ketones (excluding diaryl/α,β-unsaturated/α-hetero) is 1. The number of rotatable bonds is 6. The maximum Gasteiger partial charge on any atom is 0.308 e. The van der Waals surface area contributed by atoms with Crippen molar-refractivity contribution in [2.45, 2.75) is 22.5 Å². The summed E-state index contributed by atoms with van der Waals surface area (Å²) in [7, 11) is 0.